The van der Waals surface area contributed by atoms with Crippen LogP contribution in [0, 0.1) is 0 Å². The molecule has 0 bridgehead atoms. The number of benzene rings is 2. The summed E-state index contributed by atoms with van der Waals surface area (Å²) in [6.07, 6.45) is 0.769. The van der Waals surface area contributed by atoms with E-state index in [4.69, 9.17) is 9.47 Å². The first-order chi connectivity index (χ1) is 16.9. The fraction of sp³-hybridized carbons (Fsp3) is 0.192. The Hall–Kier alpha value is -3.69. The van der Waals surface area contributed by atoms with Crippen molar-refractivity contribution in [3.63, 3.8) is 0 Å². The second kappa shape index (κ2) is 8.21. The summed E-state index contributed by atoms with van der Waals surface area (Å²) in [7, 11) is 1.59. The second-order valence-electron chi connectivity index (χ2n) is 8.47. The maximum absolute atomic E-state index is 13.3. The molecule has 0 radical (unpaired) electrons. The number of thiophene rings is 1. The van der Waals surface area contributed by atoms with Gasteiger partial charge in [0, 0.05) is 16.9 Å². The number of hydrogen-bond donors (Lipinski definition) is 1. The number of Topliss-reactive ketones (excluding diaryl/α,β-unsaturated/α-hetero) is 1. The van der Waals surface area contributed by atoms with Crippen molar-refractivity contribution >= 4 is 55.5 Å². The number of anilines is 1. The van der Waals surface area contributed by atoms with Gasteiger partial charge in [-0.3, -0.25) is 14.5 Å². The highest BCUT2D eigenvalue weighted by Crippen LogP contribution is 2.46. The molecule has 0 aliphatic carbocycles. The van der Waals surface area contributed by atoms with E-state index < -0.39 is 17.7 Å². The lowest BCUT2D eigenvalue weighted by Gasteiger charge is -2.21. The van der Waals surface area contributed by atoms with Gasteiger partial charge in [0.05, 0.1) is 22.9 Å². The van der Waals surface area contributed by atoms with Crippen molar-refractivity contribution in [2.75, 3.05) is 12.0 Å². The van der Waals surface area contributed by atoms with Crippen LogP contribution in [-0.4, -0.2) is 35.0 Å². The Balaban J connectivity index is 1.50. The van der Waals surface area contributed by atoms with Crippen LogP contribution >= 0.6 is 22.7 Å². The standard InChI is InChI=1S/C26H20N2O5S2/c1-13-10-15-11-14(5-8-18(15)33-13)23(29)21-22(19-4-3-9-34-19)28(25(31)24(21)30)26-27-17-7-6-16(32-2)12-20(17)35-26/h3-9,11-13,22,29H,10H2,1-2H3/b23-21+/t13-,22+/m1/s1. The number of ketones is 1. The SMILES string of the molecule is COc1ccc2nc(N3C(=O)C(=O)/C(=C(/O)c4ccc5c(c4)C[C@@H](C)O5)[C@@H]3c3cccs3)sc2c1. The van der Waals surface area contributed by atoms with Gasteiger partial charge in [-0.2, -0.15) is 0 Å². The summed E-state index contributed by atoms with van der Waals surface area (Å²) < 4.78 is 11.9. The Bertz CT molecular complexity index is 1520. The summed E-state index contributed by atoms with van der Waals surface area (Å²) >= 11 is 2.72. The molecule has 2 aromatic carbocycles. The Morgan fingerprint density at radius 1 is 1.20 bits per heavy atom. The molecule has 176 valence electrons. The molecule has 0 saturated carbocycles. The van der Waals surface area contributed by atoms with Gasteiger partial charge in [0.25, 0.3) is 5.78 Å². The van der Waals surface area contributed by atoms with Crippen molar-refractivity contribution in [1.29, 1.82) is 0 Å². The highest BCUT2D eigenvalue weighted by Gasteiger charge is 2.48. The Morgan fingerprint density at radius 3 is 2.83 bits per heavy atom. The molecular formula is C26H20N2O5S2. The quantitative estimate of drug-likeness (QED) is 0.230. The van der Waals surface area contributed by atoms with E-state index in [1.165, 1.54) is 27.6 Å². The molecule has 6 rings (SSSR count). The van der Waals surface area contributed by atoms with Gasteiger partial charge in [0.1, 0.15) is 29.4 Å². The largest absolute Gasteiger partial charge is 0.507 e. The van der Waals surface area contributed by atoms with E-state index >= 15 is 0 Å². The second-order valence-corrected chi connectivity index (χ2v) is 10.5. The van der Waals surface area contributed by atoms with Crippen molar-refractivity contribution in [3.05, 3.63) is 75.5 Å². The molecule has 2 aromatic heterocycles. The summed E-state index contributed by atoms with van der Waals surface area (Å²) in [5.74, 6) is -0.194. The number of aliphatic hydroxyl groups excluding tert-OH is 1. The number of rotatable bonds is 4. The zero-order valence-electron chi connectivity index (χ0n) is 18.8. The number of aromatic nitrogens is 1. The van der Waals surface area contributed by atoms with Crippen molar-refractivity contribution in [2.24, 2.45) is 0 Å². The smallest absolute Gasteiger partial charge is 0.301 e. The zero-order valence-corrected chi connectivity index (χ0v) is 20.5. The first-order valence-corrected chi connectivity index (χ1v) is 12.7. The lowest BCUT2D eigenvalue weighted by molar-refractivity contribution is -0.132. The van der Waals surface area contributed by atoms with Gasteiger partial charge in [-0.15, -0.1) is 11.3 Å². The Labute approximate surface area is 208 Å². The molecule has 1 saturated heterocycles. The van der Waals surface area contributed by atoms with Gasteiger partial charge >= 0.3 is 5.91 Å². The van der Waals surface area contributed by atoms with Gasteiger partial charge in [0.2, 0.25) is 0 Å². The third-order valence-corrected chi connectivity index (χ3v) is 8.16. The van der Waals surface area contributed by atoms with Crippen molar-refractivity contribution in [1.82, 2.24) is 4.98 Å². The number of thiazole rings is 1. The highest BCUT2D eigenvalue weighted by atomic mass is 32.1. The van der Waals surface area contributed by atoms with Crippen LogP contribution in [0.5, 0.6) is 11.5 Å². The number of aliphatic hydroxyl groups is 1. The van der Waals surface area contributed by atoms with Crippen LogP contribution in [0.3, 0.4) is 0 Å². The summed E-state index contributed by atoms with van der Waals surface area (Å²) in [5, 5.41) is 13.6. The van der Waals surface area contributed by atoms with Crippen molar-refractivity contribution < 1.29 is 24.2 Å². The fourth-order valence-corrected chi connectivity index (χ4v) is 6.44. The van der Waals surface area contributed by atoms with Crippen LogP contribution < -0.4 is 14.4 Å². The predicted octanol–water partition coefficient (Wildman–Crippen LogP) is 5.32. The van der Waals surface area contributed by atoms with E-state index in [9.17, 15) is 14.7 Å². The minimum Gasteiger partial charge on any atom is -0.507 e. The maximum Gasteiger partial charge on any atom is 0.301 e. The molecule has 7 nitrogen and oxygen atoms in total. The molecule has 4 aromatic rings. The minimum absolute atomic E-state index is 0.0526. The first kappa shape index (κ1) is 21.8. The van der Waals surface area contributed by atoms with Gasteiger partial charge in [-0.25, -0.2) is 4.98 Å². The average Bonchev–Trinajstić information content (AvgIpc) is 3.63. The lowest BCUT2D eigenvalue weighted by Crippen LogP contribution is -2.28. The predicted molar refractivity (Wildman–Crippen MR) is 136 cm³/mol. The molecular weight excluding hydrogens is 484 g/mol. The van der Waals surface area contributed by atoms with E-state index in [1.54, 1.807) is 25.3 Å². The first-order valence-electron chi connectivity index (χ1n) is 11.0. The number of carbonyl (C=O) groups is 2. The molecule has 2 aliphatic rings. The van der Waals surface area contributed by atoms with Crippen molar-refractivity contribution in [2.45, 2.75) is 25.5 Å². The summed E-state index contributed by atoms with van der Waals surface area (Å²) in [6.45, 7) is 1.98. The topological polar surface area (TPSA) is 89.0 Å². The van der Waals surface area contributed by atoms with E-state index in [2.05, 4.69) is 4.98 Å². The maximum atomic E-state index is 13.3. The van der Waals surface area contributed by atoms with E-state index in [0.29, 0.717) is 28.4 Å². The number of hydrogen-bond acceptors (Lipinski definition) is 8. The summed E-state index contributed by atoms with van der Waals surface area (Å²) in [4.78, 5) is 33.5. The minimum atomic E-state index is -0.777. The lowest BCUT2D eigenvalue weighted by atomic mass is 9.98. The Kier molecular flexibility index (Phi) is 5.12. The number of ether oxygens (including phenoxy) is 2. The van der Waals surface area contributed by atoms with Crippen LogP contribution in [0.1, 0.15) is 29.0 Å². The summed E-state index contributed by atoms with van der Waals surface area (Å²) in [5.41, 5.74) is 2.20. The van der Waals surface area contributed by atoms with Crippen LogP contribution in [0.25, 0.3) is 16.0 Å². The molecule has 4 heterocycles. The number of fused-ring (bicyclic) bond motifs is 2. The molecule has 2 atom stereocenters. The molecule has 1 amide bonds. The van der Waals surface area contributed by atoms with Crippen LogP contribution in [0.15, 0.2) is 59.5 Å². The third kappa shape index (κ3) is 3.50. The van der Waals surface area contributed by atoms with Gasteiger partial charge < -0.3 is 14.6 Å². The number of methoxy groups -OCH3 is 1. The molecule has 2 aliphatic heterocycles. The molecule has 35 heavy (non-hydrogen) atoms. The van der Waals surface area contributed by atoms with E-state index in [0.717, 1.165) is 20.9 Å². The summed E-state index contributed by atoms with van der Waals surface area (Å²) in [6, 6.07) is 13.7. The van der Waals surface area contributed by atoms with Gasteiger partial charge in [-0.1, -0.05) is 17.4 Å². The fourth-order valence-electron chi connectivity index (χ4n) is 4.59. The van der Waals surface area contributed by atoms with Gasteiger partial charge in [-0.05, 0) is 60.3 Å². The average molecular weight is 505 g/mol. The van der Waals surface area contributed by atoms with E-state index in [1.807, 2.05) is 42.6 Å². The molecule has 1 N–H and O–H groups in total. The number of nitrogens with zero attached hydrogens (tertiary/aromatic N) is 2. The highest BCUT2D eigenvalue weighted by molar-refractivity contribution is 7.22. The van der Waals surface area contributed by atoms with Crippen molar-refractivity contribution in [3.8, 4) is 11.5 Å². The van der Waals surface area contributed by atoms with Crippen LogP contribution in [-0.2, 0) is 16.0 Å². The number of carbonyl (C=O) groups excluding carboxylic acids is 2. The molecule has 9 heteroatoms. The Morgan fingerprint density at radius 2 is 2.06 bits per heavy atom. The van der Waals surface area contributed by atoms with Crippen LogP contribution in [0.2, 0.25) is 0 Å². The molecule has 0 unspecified atom stereocenters. The van der Waals surface area contributed by atoms with E-state index in [-0.39, 0.29) is 17.4 Å². The number of amides is 1. The zero-order chi connectivity index (χ0) is 24.3. The normalized spacial score (nSPS) is 20.9. The van der Waals surface area contributed by atoms with Gasteiger partial charge in [0.15, 0.2) is 5.13 Å². The monoisotopic (exact) mass is 504 g/mol. The molecule has 0 spiro atoms. The third-order valence-electron chi connectivity index (χ3n) is 6.22. The molecule has 1 fully saturated rings. The van der Waals surface area contributed by atoms with Crippen LogP contribution in [0.4, 0.5) is 5.13 Å².